The van der Waals surface area contributed by atoms with Crippen LogP contribution in [0.2, 0.25) is 0 Å². The summed E-state index contributed by atoms with van der Waals surface area (Å²) in [4.78, 5) is 0. The Labute approximate surface area is 92.9 Å². The molecule has 0 radical (unpaired) electrons. The van der Waals surface area contributed by atoms with Crippen molar-refractivity contribution < 1.29 is 5.11 Å². The van der Waals surface area contributed by atoms with Gasteiger partial charge in [-0.05, 0) is 12.3 Å². The fourth-order valence-corrected chi connectivity index (χ4v) is 1.76. The van der Waals surface area contributed by atoms with Gasteiger partial charge in [-0.1, -0.05) is 45.5 Å². The molecule has 0 rings (SSSR count). The van der Waals surface area contributed by atoms with E-state index < -0.39 is 5.60 Å². The highest BCUT2D eigenvalue weighted by Crippen LogP contribution is 2.24. The lowest BCUT2D eigenvalue weighted by Crippen LogP contribution is -2.31. The first-order valence-corrected chi connectivity index (χ1v) is 5.91. The maximum Gasteiger partial charge on any atom is 0.138 e. The highest BCUT2D eigenvalue weighted by Gasteiger charge is 2.26. The number of unbranched alkanes of at least 4 members (excludes halogenated alkanes) is 1. The third kappa shape index (κ3) is 4.88. The molecule has 82 valence electrons. The van der Waals surface area contributed by atoms with Crippen molar-refractivity contribution in [1.82, 2.24) is 0 Å². The van der Waals surface area contributed by atoms with Crippen LogP contribution >= 0.6 is 11.6 Å². The Hall–Kier alpha value is -0.190. The van der Waals surface area contributed by atoms with Crippen LogP contribution in [0.25, 0.3) is 0 Å². The largest absolute Gasteiger partial charge is 0.376 e. The van der Waals surface area contributed by atoms with Crippen LogP contribution in [0.1, 0.15) is 46.0 Å². The molecule has 1 N–H and O–H groups in total. The van der Waals surface area contributed by atoms with Gasteiger partial charge in [-0.3, -0.25) is 0 Å². The van der Waals surface area contributed by atoms with Gasteiger partial charge in [-0.25, -0.2) is 0 Å². The van der Waals surface area contributed by atoms with Gasteiger partial charge in [0.05, 0.1) is 5.88 Å². The monoisotopic (exact) mass is 216 g/mol. The van der Waals surface area contributed by atoms with Crippen LogP contribution in [-0.2, 0) is 0 Å². The molecule has 0 aromatic rings. The topological polar surface area (TPSA) is 20.2 Å². The Morgan fingerprint density at radius 2 is 2.14 bits per heavy atom. The fraction of sp³-hybridized carbons (Fsp3) is 0.833. The maximum absolute atomic E-state index is 9.86. The molecule has 0 fully saturated rings. The van der Waals surface area contributed by atoms with E-state index >= 15 is 0 Å². The lowest BCUT2D eigenvalue weighted by atomic mass is 9.87. The molecule has 0 heterocycles. The van der Waals surface area contributed by atoms with Crippen molar-refractivity contribution in [3.05, 3.63) is 0 Å². The maximum atomic E-state index is 9.86. The first-order chi connectivity index (χ1) is 6.61. The lowest BCUT2D eigenvalue weighted by molar-refractivity contribution is 0.0916. The average molecular weight is 217 g/mol. The first-order valence-electron chi connectivity index (χ1n) is 5.38. The van der Waals surface area contributed by atoms with E-state index in [2.05, 4.69) is 19.8 Å². The number of terminal acetylenes is 1. The third-order valence-electron chi connectivity index (χ3n) is 2.66. The summed E-state index contributed by atoms with van der Waals surface area (Å²) in [5.41, 5.74) is -1.10. The molecule has 0 aliphatic heterocycles. The number of hydrogen-bond acceptors (Lipinski definition) is 1. The number of halogens is 1. The molecule has 0 spiro atoms. The van der Waals surface area contributed by atoms with Crippen LogP contribution in [0.15, 0.2) is 0 Å². The van der Waals surface area contributed by atoms with Crippen LogP contribution in [0, 0.1) is 18.3 Å². The molecule has 0 aliphatic carbocycles. The molecule has 0 bridgehead atoms. The zero-order chi connectivity index (χ0) is 11.0. The van der Waals surface area contributed by atoms with Crippen LogP contribution in [0.5, 0.6) is 0 Å². The van der Waals surface area contributed by atoms with Gasteiger partial charge in [0.15, 0.2) is 0 Å². The van der Waals surface area contributed by atoms with Crippen LogP contribution in [0.4, 0.5) is 0 Å². The molecule has 2 atom stereocenters. The van der Waals surface area contributed by atoms with Gasteiger partial charge in [0.1, 0.15) is 5.60 Å². The van der Waals surface area contributed by atoms with E-state index in [1.807, 2.05) is 0 Å². The molecule has 0 unspecified atom stereocenters. The van der Waals surface area contributed by atoms with Crippen molar-refractivity contribution in [3.63, 3.8) is 0 Å². The summed E-state index contributed by atoms with van der Waals surface area (Å²) in [6, 6.07) is 0. The summed E-state index contributed by atoms with van der Waals surface area (Å²) < 4.78 is 0. The number of aliphatic hydroxyl groups is 1. The summed E-state index contributed by atoms with van der Waals surface area (Å²) in [6.45, 7) is 4.30. The number of hydrogen-bond donors (Lipinski definition) is 1. The molecule has 0 saturated carbocycles. The molecule has 0 aromatic heterocycles. The Morgan fingerprint density at radius 1 is 1.50 bits per heavy atom. The van der Waals surface area contributed by atoms with E-state index in [1.165, 1.54) is 12.8 Å². The van der Waals surface area contributed by atoms with Gasteiger partial charge in [-0.15, -0.1) is 18.0 Å². The minimum Gasteiger partial charge on any atom is -0.376 e. The van der Waals surface area contributed by atoms with E-state index in [9.17, 15) is 5.11 Å². The van der Waals surface area contributed by atoms with Gasteiger partial charge < -0.3 is 5.11 Å². The second kappa shape index (κ2) is 7.15. The summed E-state index contributed by atoms with van der Waals surface area (Å²) in [6.07, 6.45) is 10.5. The normalized spacial score (nSPS) is 17.1. The van der Waals surface area contributed by atoms with Crippen LogP contribution < -0.4 is 0 Å². The zero-order valence-corrected chi connectivity index (χ0v) is 9.98. The second-order valence-corrected chi connectivity index (χ2v) is 4.20. The predicted octanol–water partition coefficient (Wildman–Crippen LogP) is 3.20. The van der Waals surface area contributed by atoms with Gasteiger partial charge in [0, 0.05) is 0 Å². The predicted molar refractivity (Wildman–Crippen MR) is 62.4 cm³/mol. The van der Waals surface area contributed by atoms with Crippen LogP contribution in [0.3, 0.4) is 0 Å². The van der Waals surface area contributed by atoms with Crippen molar-refractivity contribution in [1.29, 1.82) is 0 Å². The Kier molecular flexibility index (Phi) is 7.05. The van der Waals surface area contributed by atoms with Crippen molar-refractivity contribution in [2.45, 2.75) is 51.6 Å². The molecule has 1 nitrogen and oxygen atoms in total. The quantitative estimate of drug-likeness (QED) is 0.512. The summed E-state index contributed by atoms with van der Waals surface area (Å²) in [7, 11) is 0. The van der Waals surface area contributed by atoms with Gasteiger partial charge in [0.2, 0.25) is 0 Å². The molecule has 0 amide bonds. The smallest absolute Gasteiger partial charge is 0.138 e. The average Bonchev–Trinajstić information content (AvgIpc) is 2.23. The highest BCUT2D eigenvalue weighted by molar-refractivity contribution is 6.18. The van der Waals surface area contributed by atoms with Crippen molar-refractivity contribution >= 4 is 11.6 Å². The van der Waals surface area contributed by atoms with E-state index in [4.69, 9.17) is 18.0 Å². The Balaban J connectivity index is 4.09. The number of alkyl halides is 1. The minimum absolute atomic E-state index is 0.131. The second-order valence-electron chi connectivity index (χ2n) is 3.93. The highest BCUT2D eigenvalue weighted by atomic mass is 35.5. The minimum atomic E-state index is -1.10. The molecule has 0 aliphatic rings. The molecule has 14 heavy (non-hydrogen) atoms. The van der Waals surface area contributed by atoms with E-state index in [0.717, 1.165) is 12.8 Å². The lowest BCUT2D eigenvalue weighted by Gasteiger charge is -2.24. The van der Waals surface area contributed by atoms with Gasteiger partial charge in [-0.2, -0.15) is 0 Å². The number of rotatable bonds is 7. The SMILES string of the molecule is C#C[C@@](O)(CCl)C[C@H](CC)CCCC. The van der Waals surface area contributed by atoms with E-state index in [-0.39, 0.29) is 5.88 Å². The molecular formula is C12H21ClO. The van der Waals surface area contributed by atoms with Crippen molar-refractivity contribution in [3.8, 4) is 12.3 Å². The first kappa shape index (κ1) is 13.8. The summed E-state index contributed by atoms with van der Waals surface area (Å²) in [5.74, 6) is 3.02. The molecule has 2 heteroatoms. The van der Waals surface area contributed by atoms with E-state index in [0.29, 0.717) is 12.3 Å². The zero-order valence-electron chi connectivity index (χ0n) is 9.22. The Morgan fingerprint density at radius 3 is 2.50 bits per heavy atom. The Bertz CT molecular complexity index is 185. The van der Waals surface area contributed by atoms with Crippen molar-refractivity contribution in [2.75, 3.05) is 5.88 Å². The van der Waals surface area contributed by atoms with Crippen molar-refractivity contribution in [2.24, 2.45) is 5.92 Å². The fourth-order valence-electron chi connectivity index (χ4n) is 1.57. The van der Waals surface area contributed by atoms with Gasteiger partial charge in [0.25, 0.3) is 0 Å². The summed E-state index contributed by atoms with van der Waals surface area (Å²) >= 11 is 5.65. The third-order valence-corrected chi connectivity index (χ3v) is 3.10. The van der Waals surface area contributed by atoms with Gasteiger partial charge >= 0.3 is 0 Å². The summed E-state index contributed by atoms with van der Waals surface area (Å²) in [5, 5.41) is 9.86. The molecular weight excluding hydrogens is 196 g/mol. The molecule has 0 saturated heterocycles. The van der Waals surface area contributed by atoms with Crippen LogP contribution in [-0.4, -0.2) is 16.6 Å². The standard InChI is InChI=1S/C12H21ClO/c1-4-7-8-11(5-2)9-12(14,6-3)10-13/h3,11,14H,4-5,7-10H2,1-2H3/t11-,12+/m1/s1. The van der Waals surface area contributed by atoms with E-state index in [1.54, 1.807) is 0 Å². The molecule has 0 aromatic carbocycles.